The second-order valence-corrected chi connectivity index (χ2v) is 8.03. The molecule has 23 heavy (non-hydrogen) atoms. The first-order valence-electron chi connectivity index (χ1n) is 8.38. The second-order valence-electron chi connectivity index (χ2n) is 7.04. The summed E-state index contributed by atoms with van der Waals surface area (Å²) in [4.78, 5) is 13.5. The molecule has 0 bridgehead atoms. The smallest absolute Gasteiger partial charge is 0.208 e. The van der Waals surface area contributed by atoms with E-state index in [1.165, 1.54) is 17.8 Å². The van der Waals surface area contributed by atoms with Crippen LogP contribution >= 0.6 is 11.3 Å². The van der Waals surface area contributed by atoms with Gasteiger partial charge in [-0.1, -0.05) is 11.3 Å². The Morgan fingerprint density at radius 3 is 2.43 bits per heavy atom. The molecule has 3 fully saturated rings. The van der Waals surface area contributed by atoms with Gasteiger partial charge in [0.05, 0.1) is 0 Å². The monoisotopic (exact) mass is 328 g/mol. The quantitative estimate of drug-likeness (QED) is 0.860. The van der Waals surface area contributed by atoms with Crippen LogP contribution in [-0.2, 0) is 0 Å². The summed E-state index contributed by atoms with van der Waals surface area (Å²) in [5.41, 5.74) is 1.04. The van der Waals surface area contributed by atoms with Gasteiger partial charge >= 0.3 is 0 Å². The lowest BCUT2D eigenvalue weighted by atomic mass is 10.0. The van der Waals surface area contributed by atoms with Crippen molar-refractivity contribution in [2.75, 3.05) is 36.0 Å². The highest BCUT2D eigenvalue weighted by Gasteiger charge is 2.41. The van der Waals surface area contributed by atoms with Crippen molar-refractivity contribution in [3.8, 4) is 0 Å². The van der Waals surface area contributed by atoms with Crippen LogP contribution < -0.4 is 9.80 Å². The van der Waals surface area contributed by atoms with Crippen molar-refractivity contribution in [2.45, 2.75) is 25.7 Å². The summed E-state index contributed by atoms with van der Waals surface area (Å²) in [5.74, 6) is 3.20. The van der Waals surface area contributed by atoms with Gasteiger partial charge in [-0.2, -0.15) is 0 Å². The third kappa shape index (κ3) is 2.47. The molecule has 5 rings (SSSR count). The molecule has 2 unspecified atom stereocenters. The highest BCUT2D eigenvalue weighted by atomic mass is 32.1. The van der Waals surface area contributed by atoms with Gasteiger partial charge in [0.1, 0.15) is 17.2 Å². The Hall–Kier alpha value is -1.76. The van der Waals surface area contributed by atoms with E-state index < -0.39 is 0 Å². The average molecular weight is 328 g/mol. The molecular weight excluding hydrogens is 308 g/mol. The number of aromatic nitrogens is 4. The third-order valence-corrected chi connectivity index (χ3v) is 6.37. The minimum absolute atomic E-state index is 0.707. The summed E-state index contributed by atoms with van der Waals surface area (Å²) < 4.78 is 0. The molecular formula is C16H20N6S. The average Bonchev–Trinajstić information content (AvgIpc) is 2.96. The number of aryl methyl sites for hydroxylation is 1. The molecule has 3 aliphatic rings. The molecule has 4 heterocycles. The summed E-state index contributed by atoms with van der Waals surface area (Å²) >= 11 is 1.81. The fourth-order valence-corrected chi connectivity index (χ4v) is 4.83. The van der Waals surface area contributed by atoms with Crippen LogP contribution in [0.4, 0.5) is 10.9 Å². The fraction of sp³-hybridized carbons (Fsp3) is 0.625. The summed E-state index contributed by atoms with van der Waals surface area (Å²) in [6, 6.07) is 2.09. The minimum Gasteiger partial charge on any atom is -0.356 e. The Morgan fingerprint density at radius 1 is 1.00 bits per heavy atom. The Morgan fingerprint density at radius 2 is 1.74 bits per heavy atom. The zero-order valence-electron chi connectivity index (χ0n) is 13.2. The Kier molecular flexibility index (Phi) is 3.04. The molecule has 0 amide bonds. The maximum atomic E-state index is 4.44. The van der Waals surface area contributed by atoms with Gasteiger partial charge in [-0.25, -0.2) is 9.97 Å². The summed E-state index contributed by atoms with van der Waals surface area (Å²) in [5, 5.41) is 11.2. The lowest BCUT2D eigenvalue weighted by Crippen LogP contribution is -2.29. The molecule has 1 saturated carbocycles. The SMILES string of the molecule is Cc1cc(N2CC3CN(c4nnc(C5CC5)s4)CC3C2)ncn1. The number of hydrogen-bond acceptors (Lipinski definition) is 7. The van der Waals surface area contributed by atoms with Crippen LogP contribution in [0.25, 0.3) is 0 Å². The number of hydrogen-bond donors (Lipinski definition) is 0. The van der Waals surface area contributed by atoms with Crippen LogP contribution in [0.15, 0.2) is 12.4 Å². The molecule has 0 aromatic carbocycles. The number of rotatable bonds is 3. The molecule has 2 aromatic rings. The Balaban J connectivity index is 1.27. The lowest BCUT2D eigenvalue weighted by molar-refractivity contribution is 0.533. The van der Waals surface area contributed by atoms with E-state index in [0.29, 0.717) is 17.8 Å². The molecule has 0 N–H and O–H groups in total. The van der Waals surface area contributed by atoms with Crippen molar-refractivity contribution in [2.24, 2.45) is 11.8 Å². The van der Waals surface area contributed by atoms with E-state index in [1.807, 2.05) is 18.3 Å². The highest BCUT2D eigenvalue weighted by molar-refractivity contribution is 7.15. The van der Waals surface area contributed by atoms with Gasteiger partial charge in [-0.05, 0) is 19.8 Å². The van der Waals surface area contributed by atoms with Crippen LogP contribution in [0.2, 0.25) is 0 Å². The van der Waals surface area contributed by atoms with Crippen LogP contribution in [0.3, 0.4) is 0 Å². The maximum absolute atomic E-state index is 4.44. The van der Waals surface area contributed by atoms with E-state index in [2.05, 4.69) is 36.0 Å². The molecule has 6 nitrogen and oxygen atoms in total. The van der Waals surface area contributed by atoms with Crippen molar-refractivity contribution >= 4 is 22.3 Å². The van der Waals surface area contributed by atoms with E-state index >= 15 is 0 Å². The van der Waals surface area contributed by atoms with Gasteiger partial charge in [0.15, 0.2) is 0 Å². The van der Waals surface area contributed by atoms with Gasteiger partial charge in [0.2, 0.25) is 5.13 Å². The molecule has 0 radical (unpaired) electrons. The zero-order valence-corrected chi connectivity index (χ0v) is 14.0. The Bertz CT molecular complexity index is 713. The molecule has 2 saturated heterocycles. The summed E-state index contributed by atoms with van der Waals surface area (Å²) in [6.07, 6.45) is 4.27. The molecule has 2 aliphatic heterocycles. The van der Waals surface area contributed by atoms with Crippen molar-refractivity contribution in [1.29, 1.82) is 0 Å². The van der Waals surface area contributed by atoms with E-state index in [-0.39, 0.29) is 0 Å². The van der Waals surface area contributed by atoms with E-state index in [9.17, 15) is 0 Å². The fourth-order valence-electron chi connectivity index (χ4n) is 3.80. The van der Waals surface area contributed by atoms with Crippen LogP contribution in [-0.4, -0.2) is 46.3 Å². The van der Waals surface area contributed by atoms with Gasteiger partial charge in [0.25, 0.3) is 0 Å². The van der Waals surface area contributed by atoms with E-state index in [1.54, 1.807) is 6.33 Å². The van der Waals surface area contributed by atoms with E-state index in [4.69, 9.17) is 0 Å². The zero-order chi connectivity index (χ0) is 15.4. The number of nitrogens with zero attached hydrogens (tertiary/aromatic N) is 6. The summed E-state index contributed by atoms with van der Waals surface area (Å²) in [6.45, 7) is 6.41. The molecule has 2 atom stereocenters. The van der Waals surface area contributed by atoms with Crippen molar-refractivity contribution in [1.82, 2.24) is 20.2 Å². The van der Waals surface area contributed by atoms with Gasteiger partial charge in [-0.15, -0.1) is 10.2 Å². The molecule has 0 spiro atoms. The first kappa shape index (κ1) is 13.7. The predicted octanol–water partition coefficient (Wildman–Crippen LogP) is 2.09. The van der Waals surface area contributed by atoms with Crippen LogP contribution in [0.1, 0.15) is 29.5 Å². The summed E-state index contributed by atoms with van der Waals surface area (Å²) in [7, 11) is 0. The normalized spacial score (nSPS) is 26.8. The maximum Gasteiger partial charge on any atom is 0.208 e. The van der Waals surface area contributed by atoms with Crippen LogP contribution in [0.5, 0.6) is 0 Å². The largest absolute Gasteiger partial charge is 0.356 e. The molecule has 2 aromatic heterocycles. The van der Waals surface area contributed by atoms with Gasteiger partial charge in [-0.3, -0.25) is 0 Å². The predicted molar refractivity (Wildman–Crippen MR) is 90.1 cm³/mol. The minimum atomic E-state index is 0.707. The number of anilines is 2. The van der Waals surface area contributed by atoms with Crippen molar-refractivity contribution in [3.63, 3.8) is 0 Å². The molecule has 7 heteroatoms. The number of fused-ring (bicyclic) bond motifs is 1. The second kappa shape index (κ2) is 5.12. The first-order chi connectivity index (χ1) is 11.3. The van der Waals surface area contributed by atoms with Crippen molar-refractivity contribution in [3.05, 3.63) is 23.1 Å². The molecule has 1 aliphatic carbocycles. The van der Waals surface area contributed by atoms with Crippen LogP contribution in [0, 0.1) is 18.8 Å². The molecule has 120 valence electrons. The van der Waals surface area contributed by atoms with Crippen molar-refractivity contribution < 1.29 is 0 Å². The highest BCUT2D eigenvalue weighted by Crippen LogP contribution is 2.44. The third-order valence-electron chi connectivity index (χ3n) is 5.23. The Labute approximate surface area is 139 Å². The topological polar surface area (TPSA) is 58.0 Å². The van der Waals surface area contributed by atoms with E-state index in [0.717, 1.165) is 42.8 Å². The standard InChI is InChI=1S/C16H20N6S/c1-10-4-14(18-9-17-10)21-5-12-7-22(8-13(12)6-21)16-20-19-15(23-16)11-2-3-11/h4,9,11-13H,2-3,5-8H2,1H3. The lowest BCUT2D eigenvalue weighted by Gasteiger charge is -2.21. The first-order valence-corrected chi connectivity index (χ1v) is 9.20. The van der Waals surface area contributed by atoms with Gasteiger partial charge in [0, 0.05) is 55.7 Å². The van der Waals surface area contributed by atoms with Gasteiger partial charge < -0.3 is 9.80 Å².